The lowest BCUT2D eigenvalue weighted by Crippen LogP contribution is -2.23. The first kappa shape index (κ1) is 21.4. The van der Waals surface area contributed by atoms with Crippen molar-refractivity contribution in [2.24, 2.45) is 0 Å². The summed E-state index contributed by atoms with van der Waals surface area (Å²) in [6, 6.07) is 12.9. The number of aromatic nitrogens is 3. The molecule has 33 heavy (non-hydrogen) atoms. The third-order valence-corrected chi connectivity index (χ3v) is 7.74. The van der Waals surface area contributed by atoms with Crippen LogP contribution in [0, 0.1) is 13.8 Å². The maximum Gasteiger partial charge on any atom is 0.252 e. The summed E-state index contributed by atoms with van der Waals surface area (Å²) >= 11 is 0. The molecular formula is C24H24N4O4S. The number of benzene rings is 1. The van der Waals surface area contributed by atoms with E-state index in [-0.39, 0.29) is 30.0 Å². The standard InChI is InChI=1S/C24H24N4O4S/c1-15-5-7-17(8-6-15)21-12-20(24(29)25-13-19-4-3-10-32-19)22-16(2)27-28(23(22)26-21)18-9-11-33(30,31)14-18/h3-8,10,12,18H,9,11,13-14H2,1-2H3,(H,25,29). The second kappa shape index (κ2) is 8.15. The number of nitrogens with one attached hydrogen (secondary N) is 1. The van der Waals surface area contributed by atoms with Crippen LogP contribution in [0.4, 0.5) is 0 Å². The van der Waals surface area contributed by atoms with E-state index in [0.717, 1.165) is 11.1 Å². The molecule has 1 N–H and O–H groups in total. The molecule has 4 heterocycles. The molecule has 1 fully saturated rings. The van der Waals surface area contributed by atoms with Crippen molar-refractivity contribution >= 4 is 26.8 Å². The van der Waals surface area contributed by atoms with Gasteiger partial charge >= 0.3 is 0 Å². The maximum absolute atomic E-state index is 13.3. The van der Waals surface area contributed by atoms with Crippen molar-refractivity contribution in [1.82, 2.24) is 20.1 Å². The van der Waals surface area contributed by atoms with E-state index in [1.807, 2.05) is 38.1 Å². The van der Waals surface area contributed by atoms with Gasteiger partial charge in [0.25, 0.3) is 5.91 Å². The van der Waals surface area contributed by atoms with Gasteiger partial charge in [0.1, 0.15) is 5.76 Å². The van der Waals surface area contributed by atoms with Crippen LogP contribution in [0.2, 0.25) is 0 Å². The summed E-state index contributed by atoms with van der Waals surface area (Å²) in [5.74, 6) is 0.538. The van der Waals surface area contributed by atoms with Crippen molar-refractivity contribution in [2.75, 3.05) is 11.5 Å². The Hall–Kier alpha value is -3.46. The predicted octanol–water partition coefficient (Wildman–Crippen LogP) is 3.60. The Bertz CT molecular complexity index is 1440. The number of amides is 1. The number of nitrogens with zero attached hydrogens (tertiary/aromatic N) is 3. The quantitative estimate of drug-likeness (QED) is 0.484. The van der Waals surface area contributed by atoms with E-state index in [1.54, 1.807) is 29.1 Å². The number of sulfone groups is 1. The molecule has 8 nitrogen and oxygen atoms in total. The van der Waals surface area contributed by atoms with Crippen LogP contribution in [0.3, 0.4) is 0 Å². The Balaban J connectivity index is 1.63. The highest BCUT2D eigenvalue weighted by molar-refractivity contribution is 7.91. The van der Waals surface area contributed by atoms with Crippen LogP contribution in [0.5, 0.6) is 0 Å². The summed E-state index contributed by atoms with van der Waals surface area (Å²) in [5, 5.41) is 8.17. The zero-order valence-electron chi connectivity index (χ0n) is 18.4. The van der Waals surface area contributed by atoms with Gasteiger partial charge in [-0.05, 0) is 38.5 Å². The van der Waals surface area contributed by atoms with Crippen LogP contribution < -0.4 is 5.32 Å². The van der Waals surface area contributed by atoms with Crippen LogP contribution in [0.1, 0.15) is 39.8 Å². The lowest BCUT2D eigenvalue weighted by molar-refractivity contribution is 0.0949. The van der Waals surface area contributed by atoms with Crippen molar-refractivity contribution in [3.8, 4) is 11.3 Å². The first-order chi connectivity index (χ1) is 15.8. The molecule has 1 aliphatic heterocycles. The van der Waals surface area contributed by atoms with Gasteiger partial charge in [-0.1, -0.05) is 29.8 Å². The SMILES string of the molecule is Cc1ccc(-c2cc(C(=O)NCc3ccco3)c3c(C)nn(C4CCS(=O)(=O)C4)c3n2)cc1. The zero-order valence-corrected chi connectivity index (χ0v) is 19.2. The number of furan rings is 1. The fraction of sp³-hybridized carbons (Fsp3) is 0.292. The van der Waals surface area contributed by atoms with Crippen LogP contribution in [0.15, 0.2) is 53.1 Å². The molecular weight excluding hydrogens is 440 g/mol. The number of hydrogen-bond acceptors (Lipinski definition) is 6. The predicted molar refractivity (Wildman–Crippen MR) is 125 cm³/mol. The summed E-state index contributed by atoms with van der Waals surface area (Å²) in [7, 11) is -3.11. The Labute approximate surface area is 191 Å². The van der Waals surface area contributed by atoms with E-state index in [9.17, 15) is 13.2 Å². The Kier molecular flexibility index (Phi) is 5.28. The Morgan fingerprint density at radius 3 is 2.67 bits per heavy atom. The largest absolute Gasteiger partial charge is 0.467 e. The highest BCUT2D eigenvalue weighted by Gasteiger charge is 2.32. The van der Waals surface area contributed by atoms with Crippen molar-refractivity contribution in [3.63, 3.8) is 0 Å². The summed E-state index contributed by atoms with van der Waals surface area (Å²) in [4.78, 5) is 18.1. The normalized spacial score (nSPS) is 17.5. The monoisotopic (exact) mass is 464 g/mol. The van der Waals surface area contributed by atoms with Gasteiger partial charge in [-0.25, -0.2) is 18.1 Å². The molecule has 0 saturated carbocycles. The zero-order chi connectivity index (χ0) is 23.2. The molecule has 1 aliphatic rings. The highest BCUT2D eigenvalue weighted by Crippen LogP contribution is 2.32. The van der Waals surface area contributed by atoms with Gasteiger partial charge in [-0.2, -0.15) is 5.10 Å². The molecule has 1 aromatic carbocycles. The van der Waals surface area contributed by atoms with Crippen molar-refractivity contribution in [1.29, 1.82) is 0 Å². The molecule has 0 bridgehead atoms. The topological polar surface area (TPSA) is 107 Å². The van der Waals surface area contributed by atoms with Gasteiger partial charge in [0.15, 0.2) is 15.5 Å². The third kappa shape index (κ3) is 4.16. The summed E-state index contributed by atoms with van der Waals surface area (Å²) in [6.07, 6.45) is 2.04. The fourth-order valence-electron chi connectivity index (χ4n) is 4.26. The van der Waals surface area contributed by atoms with Gasteiger partial charge in [-0.15, -0.1) is 0 Å². The number of fused-ring (bicyclic) bond motifs is 1. The van der Waals surface area contributed by atoms with E-state index in [0.29, 0.717) is 40.2 Å². The number of carbonyl (C=O) groups is 1. The molecule has 9 heteroatoms. The van der Waals surface area contributed by atoms with Gasteiger partial charge in [-0.3, -0.25) is 4.79 Å². The van der Waals surface area contributed by atoms with Crippen LogP contribution in [-0.2, 0) is 16.4 Å². The average molecular weight is 465 g/mol. The first-order valence-corrected chi connectivity index (χ1v) is 12.6. The molecule has 0 spiro atoms. The molecule has 5 rings (SSSR count). The molecule has 0 aliphatic carbocycles. The highest BCUT2D eigenvalue weighted by atomic mass is 32.2. The molecule has 170 valence electrons. The second-order valence-corrected chi connectivity index (χ2v) is 10.7. The van der Waals surface area contributed by atoms with Gasteiger partial charge < -0.3 is 9.73 Å². The third-order valence-electron chi connectivity index (χ3n) is 5.99. The average Bonchev–Trinajstić information content (AvgIpc) is 3.51. The van der Waals surface area contributed by atoms with Crippen molar-refractivity contribution in [2.45, 2.75) is 32.9 Å². The van der Waals surface area contributed by atoms with Crippen molar-refractivity contribution in [3.05, 3.63) is 71.3 Å². The van der Waals surface area contributed by atoms with Gasteiger partial charge in [0.05, 0.1) is 52.7 Å². The first-order valence-electron chi connectivity index (χ1n) is 10.8. The molecule has 1 saturated heterocycles. The molecule has 4 aromatic rings. The van der Waals surface area contributed by atoms with E-state index in [2.05, 4.69) is 10.4 Å². The number of pyridine rings is 1. The lowest BCUT2D eigenvalue weighted by atomic mass is 10.0. The van der Waals surface area contributed by atoms with Gasteiger partial charge in [0, 0.05) is 5.56 Å². The molecule has 1 unspecified atom stereocenters. The van der Waals surface area contributed by atoms with E-state index >= 15 is 0 Å². The summed E-state index contributed by atoms with van der Waals surface area (Å²) < 4.78 is 31.2. The Morgan fingerprint density at radius 1 is 1.21 bits per heavy atom. The molecule has 0 radical (unpaired) electrons. The van der Waals surface area contributed by atoms with Crippen LogP contribution in [0.25, 0.3) is 22.3 Å². The minimum Gasteiger partial charge on any atom is -0.467 e. The number of carbonyl (C=O) groups excluding carboxylic acids is 1. The van der Waals surface area contributed by atoms with Gasteiger partial charge in [0.2, 0.25) is 0 Å². The molecule has 1 atom stereocenters. The lowest BCUT2D eigenvalue weighted by Gasteiger charge is -2.12. The number of hydrogen-bond donors (Lipinski definition) is 1. The fourth-order valence-corrected chi connectivity index (χ4v) is 5.95. The minimum atomic E-state index is -3.11. The minimum absolute atomic E-state index is 0.0275. The van der Waals surface area contributed by atoms with Crippen molar-refractivity contribution < 1.29 is 17.6 Å². The van der Waals surface area contributed by atoms with E-state index in [1.165, 1.54) is 0 Å². The second-order valence-electron chi connectivity index (χ2n) is 8.47. The molecule has 1 amide bonds. The smallest absolute Gasteiger partial charge is 0.252 e. The van der Waals surface area contributed by atoms with E-state index < -0.39 is 9.84 Å². The summed E-state index contributed by atoms with van der Waals surface area (Å²) in [6.45, 7) is 4.08. The van der Waals surface area contributed by atoms with E-state index in [4.69, 9.17) is 9.40 Å². The van der Waals surface area contributed by atoms with Crippen LogP contribution >= 0.6 is 0 Å². The maximum atomic E-state index is 13.3. The van der Waals surface area contributed by atoms with Crippen LogP contribution in [-0.4, -0.2) is 40.6 Å². The number of aryl methyl sites for hydroxylation is 2. The summed E-state index contributed by atoms with van der Waals surface area (Å²) in [5.41, 5.74) is 4.23. The number of rotatable bonds is 5. The molecule has 3 aromatic heterocycles. The Morgan fingerprint density at radius 2 is 2.00 bits per heavy atom.